The first-order valence-corrected chi connectivity index (χ1v) is 12.7. The molecule has 2 aliphatic heterocycles. The van der Waals surface area contributed by atoms with Gasteiger partial charge in [-0.3, -0.25) is 4.79 Å². The molecule has 1 N–H and O–H groups in total. The van der Waals surface area contributed by atoms with Crippen LogP contribution in [-0.4, -0.2) is 66.7 Å². The zero-order valence-corrected chi connectivity index (χ0v) is 20.5. The molecular weight excluding hydrogens is 457 g/mol. The number of ether oxygens (including phenoxy) is 2. The van der Waals surface area contributed by atoms with E-state index in [2.05, 4.69) is 5.32 Å². The number of rotatable bonds is 8. The average Bonchev–Trinajstić information content (AvgIpc) is 3.48. The van der Waals surface area contributed by atoms with Gasteiger partial charge in [0.15, 0.2) is 0 Å². The number of fused-ring (bicyclic) bond motifs is 1. The van der Waals surface area contributed by atoms with Crippen LogP contribution in [-0.2, 0) is 16.0 Å². The summed E-state index contributed by atoms with van der Waals surface area (Å²) in [6.07, 6.45) is 2.55. The van der Waals surface area contributed by atoms with Crippen LogP contribution in [0.25, 0.3) is 0 Å². The van der Waals surface area contributed by atoms with Crippen molar-refractivity contribution >= 4 is 23.3 Å². The van der Waals surface area contributed by atoms with Gasteiger partial charge in [0, 0.05) is 36.7 Å². The zero-order valence-electron chi connectivity index (χ0n) is 19.7. The van der Waals surface area contributed by atoms with Crippen molar-refractivity contribution in [3.8, 4) is 5.75 Å². The fourth-order valence-electron chi connectivity index (χ4n) is 4.45. The lowest BCUT2D eigenvalue weighted by Crippen LogP contribution is -2.52. The molecule has 0 radical (unpaired) electrons. The second-order valence-electron chi connectivity index (χ2n) is 9.04. The molecule has 2 atom stereocenters. The van der Waals surface area contributed by atoms with Gasteiger partial charge >= 0.3 is 6.03 Å². The highest BCUT2D eigenvalue weighted by Gasteiger charge is 2.34. The molecule has 2 aromatic rings. The molecule has 3 heterocycles. The van der Waals surface area contributed by atoms with Gasteiger partial charge in [0.25, 0.3) is 0 Å². The smallest absolute Gasteiger partial charge is 0.318 e. The number of thiophene rings is 1. The third-order valence-corrected chi connectivity index (χ3v) is 7.09. The van der Waals surface area contributed by atoms with Crippen molar-refractivity contribution < 1.29 is 23.5 Å². The Balaban J connectivity index is 1.49. The minimum Gasteiger partial charge on any atom is -0.491 e. The predicted octanol–water partition coefficient (Wildman–Crippen LogP) is 3.99. The van der Waals surface area contributed by atoms with E-state index in [0.717, 1.165) is 24.8 Å². The fourth-order valence-corrected chi connectivity index (χ4v) is 5.38. The van der Waals surface area contributed by atoms with E-state index in [4.69, 9.17) is 9.47 Å². The third kappa shape index (κ3) is 6.07. The number of urea groups is 1. The summed E-state index contributed by atoms with van der Waals surface area (Å²) in [7, 11) is 0. The first kappa shape index (κ1) is 24.5. The van der Waals surface area contributed by atoms with Crippen LogP contribution >= 0.6 is 11.3 Å². The molecule has 184 valence electrons. The minimum absolute atomic E-state index is 0.0334. The Morgan fingerprint density at radius 1 is 1.35 bits per heavy atom. The van der Waals surface area contributed by atoms with Crippen molar-refractivity contribution in [2.24, 2.45) is 0 Å². The molecule has 0 spiro atoms. The lowest BCUT2D eigenvalue weighted by atomic mass is 10.0. The Bertz CT molecular complexity index is 992. The molecule has 1 fully saturated rings. The van der Waals surface area contributed by atoms with E-state index in [1.807, 2.05) is 25.3 Å². The topological polar surface area (TPSA) is 71.1 Å². The molecule has 0 aliphatic carbocycles. The van der Waals surface area contributed by atoms with Gasteiger partial charge in [-0.25, -0.2) is 9.18 Å². The van der Waals surface area contributed by atoms with Crippen molar-refractivity contribution in [3.05, 3.63) is 52.0 Å². The Hall–Kier alpha value is -2.65. The maximum atomic E-state index is 13.6. The number of benzene rings is 1. The summed E-state index contributed by atoms with van der Waals surface area (Å²) in [6, 6.07) is 7.42. The third-order valence-electron chi connectivity index (χ3n) is 6.09. The van der Waals surface area contributed by atoms with E-state index in [0.29, 0.717) is 25.4 Å². The number of nitrogens with one attached hydrogen (secondary N) is 1. The molecule has 9 heteroatoms. The lowest BCUT2D eigenvalue weighted by Gasteiger charge is -2.37. The molecular formula is C25H32FN3O4S. The molecule has 1 aromatic carbocycles. The van der Waals surface area contributed by atoms with Gasteiger partial charge in [0.05, 0.1) is 12.1 Å². The SMILES string of the molecule is CC(C)NC(=O)N(CC(=O)N1CCc2sccc2[C@H]1COc1cccc(F)c1)C[C@@H]1CCCO1. The van der Waals surface area contributed by atoms with Crippen LogP contribution in [0.5, 0.6) is 5.75 Å². The Morgan fingerprint density at radius 3 is 2.94 bits per heavy atom. The molecule has 4 rings (SSSR count). The van der Waals surface area contributed by atoms with Gasteiger partial charge in [0.2, 0.25) is 5.91 Å². The van der Waals surface area contributed by atoms with Crippen LogP contribution in [0, 0.1) is 5.82 Å². The highest BCUT2D eigenvalue weighted by molar-refractivity contribution is 7.10. The number of carbonyl (C=O) groups is 2. The Kier molecular flexibility index (Phi) is 8.05. The maximum absolute atomic E-state index is 13.6. The Labute approximate surface area is 203 Å². The standard InChI is InChI=1S/C25H32FN3O4S/c1-17(2)27-25(31)28(14-20-7-4-11-32-20)15-24(30)29-10-8-23-21(9-12-34-23)22(29)16-33-19-6-3-5-18(26)13-19/h3,5-6,9,12-13,17,20,22H,4,7-8,10-11,14-16H2,1-2H3,(H,27,31)/t20-,22+/m0/s1. The predicted molar refractivity (Wildman–Crippen MR) is 129 cm³/mol. The number of carbonyl (C=O) groups excluding carboxylic acids is 2. The lowest BCUT2D eigenvalue weighted by molar-refractivity contribution is -0.135. The van der Waals surface area contributed by atoms with E-state index >= 15 is 0 Å². The van der Waals surface area contributed by atoms with Gasteiger partial charge in [-0.2, -0.15) is 0 Å². The van der Waals surface area contributed by atoms with Crippen LogP contribution in [0.2, 0.25) is 0 Å². The molecule has 34 heavy (non-hydrogen) atoms. The molecule has 0 saturated carbocycles. The van der Waals surface area contributed by atoms with Crippen LogP contribution in [0.1, 0.15) is 43.2 Å². The van der Waals surface area contributed by atoms with Gasteiger partial charge in [-0.1, -0.05) is 6.07 Å². The maximum Gasteiger partial charge on any atom is 0.318 e. The molecule has 7 nitrogen and oxygen atoms in total. The van der Waals surface area contributed by atoms with Crippen molar-refractivity contribution in [1.82, 2.24) is 15.1 Å². The highest BCUT2D eigenvalue weighted by Crippen LogP contribution is 2.34. The van der Waals surface area contributed by atoms with Crippen LogP contribution in [0.4, 0.5) is 9.18 Å². The molecule has 2 aliphatic rings. The fraction of sp³-hybridized carbons (Fsp3) is 0.520. The summed E-state index contributed by atoms with van der Waals surface area (Å²) >= 11 is 1.67. The Morgan fingerprint density at radius 2 is 2.21 bits per heavy atom. The molecule has 3 amide bonds. The largest absolute Gasteiger partial charge is 0.491 e. The second-order valence-corrected chi connectivity index (χ2v) is 10.0. The second kappa shape index (κ2) is 11.2. The van der Waals surface area contributed by atoms with Gasteiger partial charge < -0.3 is 24.6 Å². The average molecular weight is 490 g/mol. The quantitative estimate of drug-likeness (QED) is 0.609. The van der Waals surface area contributed by atoms with Crippen molar-refractivity contribution in [3.63, 3.8) is 0 Å². The van der Waals surface area contributed by atoms with Crippen LogP contribution < -0.4 is 10.1 Å². The normalized spacial score (nSPS) is 19.7. The van der Waals surface area contributed by atoms with Crippen molar-refractivity contribution in [1.29, 1.82) is 0 Å². The monoisotopic (exact) mass is 489 g/mol. The van der Waals surface area contributed by atoms with Gasteiger partial charge in [-0.05, 0) is 62.3 Å². The summed E-state index contributed by atoms with van der Waals surface area (Å²) in [6.45, 7) is 5.58. The van der Waals surface area contributed by atoms with E-state index in [9.17, 15) is 14.0 Å². The molecule has 1 saturated heterocycles. The van der Waals surface area contributed by atoms with Crippen LogP contribution in [0.15, 0.2) is 35.7 Å². The van der Waals surface area contributed by atoms with Crippen LogP contribution in [0.3, 0.4) is 0 Å². The molecule has 0 bridgehead atoms. The molecule has 1 aromatic heterocycles. The first-order valence-electron chi connectivity index (χ1n) is 11.8. The highest BCUT2D eigenvalue weighted by atomic mass is 32.1. The number of nitrogens with zero attached hydrogens (tertiary/aromatic N) is 2. The van der Waals surface area contributed by atoms with Crippen molar-refractivity contribution in [2.45, 2.75) is 51.3 Å². The summed E-state index contributed by atoms with van der Waals surface area (Å²) in [4.78, 5) is 31.0. The minimum atomic E-state index is -0.369. The summed E-state index contributed by atoms with van der Waals surface area (Å²) in [5, 5.41) is 4.92. The summed E-state index contributed by atoms with van der Waals surface area (Å²) in [5.74, 6) is -0.0843. The number of hydrogen-bond donors (Lipinski definition) is 1. The van der Waals surface area contributed by atoms with E-state index in [1.54, 1.807) is 33.3 Å². The van der Waals surface area contributed by atoms with E-state index in [1.165, 1.54) is 17.0 Å². The summed E-state index contributed by atoms with van der Waals surface area (Å²) < 4.78 is 25.2. The van der Waals surface area contributed by atoms with E-state index < -0.39 is 0 Å². The van der Waals surface area contributed by atoms with Gasteiger partial charge in [-0.15, -0.1) is 11.3 Å². The molecule has 0 unspecified atom stereocenters. The van der Waals surface area contributed by atoms with Gasteiger partial charge in [0.1, 0.15) is 24.7 Å². The zero-order chi connectivity index (χ0) is 24.1. The van der Waals surface area contributed by atoms with E-state index in [-0.39, 0.29) is 49.1 Å². The number of amides is 3. The van der Waals surface area contributed by atoms with Crippen molar-refractivity contribution in [2.75, 3.05) is 32.8 Å². The number of halogens is 1. The number of hydrogen-bond acceptors (Lipinski definition) is 5. The first-order chi connectivity index (χ1) is 16.4. The summed E-state index contributed by atoms with van der Waals surface area (Å²) in [5.41, 5.74) is 1.05.